The summed E-state index contributed by atoms with van der Waals surface area (Å²) < 4.78 is 19.0. The van der Waals surface area contributed by atoms with Gasteiger partial charge in [-0.2, -0.15) is 0 Å². The van der Waals surface area contributed by atoms with Gasteiger partial charge in [0.1, 0.15) is 18.5 Å². The molecule has 1 aromatic carbocycles. The Morgan fingerprint density at radius 1 is 1.32 bits per heavy atom. The first-order valence-electron chi connectivity index (χ1n) is 8.52. The SMILES string of the molecule is Cc1c2n(c(OC[C@@H]3COCCO3)cc1=O)CCc1cc(O)ccc1-2. The van der Waals surface area contributed by atoms with Crippen LogP contribution in [0.3, 0.4) is 0 Å². The number of rotatable bonds is 3. The van der Waals surface area contributed by atoms with Crippen LogP contribution < -0.4 is 10.2 Å². The molecule has 0 aliphatic carbocycles. The molecule has 132 valence electrons. The van der Waals surface area contributed by atoms with Crippen molar-refractivity contribution in [1.29, 1.82) is 0 Å². The summed E-state index contributed by atoms with van der Waals surface area (Å²) in [5.41, 5.74) is 3.52. The molecule has 3 heterocycles. The van der Waals surface area contributed by atoms with Crippen molar-refractivity contribution in [2.24, 2.45) is 0 Å². The van der Waals surface area contributed by atoms with E-state index in [1.165, 1.54) is 0 Å². The summed E-state index contributed by atoms with van der Waals surface area (Å²) in [7, 11) is 0. The predicted molar refractivity (Wildman–Crippen MR) is 92.3 cm³/mol. The van der Waals surface area contributed by atoms with Crippen LogP contribution in [0.2, 0.25) is 0 Å². The van der Waals surface area contributed by atoms with Crippen LogP contribution in [-0.2, 0) is 22.4 Å². The molecule has 1 fully saturated rings. The van der Waals surface area contributed by atoms with Gasteiger partial charge < -0.3 is 23.9 Å². The highest BCUT2D eigenvalue weighted by molar-refractivity contribution is 5.70. The fourth-order valence-electron chi connectivity index (χ4n) is 3.48. The largest absolute Gasteiger partial charge is 0.508 e. The lowest BCUT2D eigenvalue weighted by Gasteiger charge is -2.28. The lowest BCUT2D eigenvalue weighted by atomic mass is 9.94. The number of aromatic nitrogens is 1. The molecule has 1 N–H and O–H groups in total. The van der Waals surface area contributed by atoms with Gasteiger partial charge in [0.2, 0.25) is 0 Å². The fraction of sp³-hybridized carbons (Fsp3) is 0.421. The molecule has 4 rings (SSSR count). The van der Waals surface area contributed by atoms with Crippen molar-refractivity contribution in [2.45, 2.75) is 26.0 Å². The summed E-state index contributed by atoms with van der Waals surface area (Å²) in [5, 5.41) is 9.72. The average Bonchev–Trinajstić information content (AvgIpc) is 2.63. The summed E-state index contributed by atoms with van der Waals surface area (Å²) in [5.74, 6) is 0.799. The van der Waals surface area contributed by atoms with Crippen molar-refractivity contribution in [1.82, 2.24) is 4.57 Å². The van der Waals surface area contributed by atoms with Crippen molar-refractivity contribution in [3.63, 3.8) is 0 Å². The molecule has 6 heteroatoms. The smallest absolute Gasteiger partial charge is 0.197 e. The zero-order chi connectivity index (χ0) is 17.4. The lowest BCUT2D eigenvalue weighted by Crippen LogP contribution is -2.34. The summed E-state index contributed by atoms with van der Waals surface area (Å²) in [6.07, 6.45) is 0.660. The van der Waals surface area contributed by atoms with E-state index in [9.17, 15) is 9.90 Å². The lowest BCUT2D eigenvalue weighted by molar-refractivity contribution is -0.102. The zero-order valence-electron chi connectivity index (χ0n) is 14.2. The molecule has 6 nitrogen and oxygen atoms in total. The second kappa shape index (κ2) is 6.54. The van der Waals surface area contributed by atoms with E-state index >= 15 is 0 Å². The summed E-state index contributed by atoms with van der Waals surface area (Å²) in [6.45, 7) is 4.56. The molecule has 0 unspecified atom stereocenters. The van der Waals surface area contributed by atoms with E-state index in [0.29, 0.717) is 44.4 Å². The number of phenols is 1. The number of aryl methyl sites for hydroxylation is 1. The highest BCUT2D eigenvalue weighted by Gasteiger charge is 2.23. The normalized spacial score (nSPS) is 19.2. The minimum absolute atomic E-state index is 0.0528. The van der Waals surface area contributed by atoms with Crippen LogP contribution in [0.15, 0.2) is 29.1 Å². The van der Waals surface area contributed by atoms with Crippen molar-refractivity contribution in [2.75, 3.05) is 26.4 Å². The molecule has 1 saturated heterocycles. The Hall–Kier alpha value is -2.31. The number of hydrogen-bond donors (Lipinski definition) is 1. The Labute approximate surface area is 145 Å². The van der Waals surface area contributed by atoms with Crippen LogP contribution in [0, 0.1) is 6.92 Å². The number of nitrogens with zero attached hydrogens (tertiary/aromatic N) is 1. The number of ether oxygens (including phenoxy) is 3. The molecule has 1 aromatic heterocycles. The molecule has 1 atom stereocenters. The topological polar surface area (TPSA) is 69.9 Å². The van der Waals surface area contributed by atoms with Gasteiger partial charge in [-0.15, -0.1) is 0 Å². The van der Waals surface area contributed by atoms with E-state index in [-0.39, 0.29) is 17.3 Å². The van der Waals surface area contributed by atoms with Crippen LogP contribution >= 0.6 is 0 Å². The number of aromatic hydroxyl groups is 1. The van der Waals surface area contributed by atoms with Crippen molar-refractivity contribution in [3.8, 4) is 22.9 Å². The highest BCUT2D eigenvalue weighted by atomic mass is 16.6. The third-order valence-electron chi connectivity index (χ3n) is 4.77. The van der Waals surface area contributed by atoms with Gasteiger partial charge in [0.25, 0.3) is 0 Å². The molecular weight excluding hydrogens is 322 g/mol. The highest BCUT2D eigenvalue weighted by Crippen LogP contribution is 2.35. The second-order valence-corrected chi connectivity index (χ2v) is 6.44. The molecule has 2 aromatic rings. The first-order valence-corrected chi connectivity index (χ1v) is 8.52. The number of pyridine rings is 1. The van der Waals surface area contributed by atoms with Gasteiger partial charge in [0.05, 0.1) is 25.5 Å². The minimum Gasteiger partial charge on any atom is -0.508 e. The van der Waals surface area contributed by atoms with Gasteiger partial charge in [0, 0.05) is 23.7 Å². The number of phenolic OH excluding ortho intramolecular Hbond substituents is 1. The van der Waals surface area contributed by atoms with Crippen LogP contribution in [0.5, 0.6) is 11.6 Å². The maximum atomic E-state index is 12.4. The average molecular weight is 343 g/mol. The van der Waals surface area contributed by atoms with E-state index in [0.717, 1.165) is 23.2 Å². The summed E-state index contributed by atoms with van der Waals surface area (Å²) in [6, 6.07) is 6.83. The Kier molecular flexibility index (Phi) is 4.23. The molecule has 25 heavy (non-hydrogen) atoms. The fourth-order valence-corrected chi connectivity index (χ4v) is 3.48. The Morgan fingerprint density at radius 2 is 2.20 bits per heavy atom. The molecule has 2 aliphatic rings. The number of benzene rings is 1. The molecular formula is C19H21NO5. The Bertz CT molecular complexity index is 852. The third-order valence-corrected chi connectivity index (χ3v) is 4.77. The standard InChI is InChI=1S/C19H21NO5/c1-12-17(22)9-18(25-11-15-10-23-6-7-24-15)20-5-4-13-8-14(21)2-3-16(13)19(12)20/h2-3,8-9,15,21H,4-7,10-11H2,1H3/t15-/m0/s1. The van der Waals surface area contributed by atoms with E-state index < -0.39 is 0 Å². The van der Waals surface area contributed by atoms with Gasteiger partial charge in [-0.3, -0.25) is 4.79 Å². The predicted octanol–water partition coefficient (Wildman–Crippen LogP) is 1.88. The van der Waals surface area contributed by atoms with Crippen molar-refractivity contribution < 1.29 is 19.3 Å². The monoisotopic (exact) mass is 343 g/mol. The molecule has 0 saturated carbocycles. The molecule has 0 amide bonds. The van der Waals surface area contributed by atoms with Crippen LogP contribution in [0.1, 0.15) is 11.1 Å². The second-order valence-electron chi connectivity index (χ2n) is 6.44. The van der Waals surface area contributed by atoms with Gasteiger partial charge in [-0.1, -0.05) is 0 Å². The number of fused-ring (bicyclic) bond motifs is 3. The molecule has 0 bridgehead atoms. The summed E-state index contributed by atoms with van der Waals surface area (Å²) >= 11 is 0. The third kappa shape index (κ3) is 3.03. The maximum Gasteiger partial charge on any atom is 0.197 e. The first-order chi connectivity index (χ1) is 12.1. The van der Waals surface area contributed by atoms with Gasteiger partial charge in [-0.05, 0) is 37.1 Å². The van der Waals surface area contributed by atoms with Gasteiger partial charge >= 0.3 is 0 Å². The van der Waals surface area contributed by atoms with Gasteiger partial charge in [0.15, 0.2) is 11.3 Å². The quantitative estimate of drug-likeness (QED) is 0.921. The van der Waals surface area contributed by atoms with Crippen molar-refractivity contribution >= 4 is 0 Å². The molecule has 2 aliphatic heterocycles. The number of hydrogen-bond acceptors (Lipinski definition) is 5. The molecule has 0 radical (unpaired) electrons. The molecule has 0 spiro atoms. The Balaban J connectivity index is 1.70. The minimum atomic E-state index is -0.116. The zero-order valence-corrected chi connectivity index (χ0v) is 14.2. The van der Waals surface area contributed by atoms with E-state index in [4.69, 9.17) is 14.2 Å². The van der Waals surface area contributed by atoms with E-state index in [2.05, 4.69) is 0 Å². The first kappa shape index (κ1) is 16.2. The van der Waals surface area contributed by atoms with Crippen LogP contribution in [0.25, 0.3) is 11.3 Å². The van der Waals surface area contributed by atoms with Gasteiger partial charge in [-0.25, -0.2) is 0 Å². The van der Waals surface area contributed by atoms with E-state index in [1.54, 1.807) is 18.2 Å². The van der Waals surface area contributed by atoms with Crippen molar-refractivity contribution in [3.05, 3.63) is 45.6 Å². The van der Waals surface area contributed by atoms with E-state index in [1.807, 2.05) is 17.6 Å². The van der Waals surface area contributed by atoms with Crippen LogP contribution in [-0.4, -0.2) is 42.2 Å². The van der Waals surface area contributed by atoms with Crippen LogP contribution in [0.4, 0.5) is 0 Å². The Morgan fingerprint density at radius 3 is 3.00 bits per heavy atom. The maximum absolute atomic E-state index is 12.4. The summed E-state index contributed by atoms with van der Waals surface area (Å²) in [4.78, 5) is 12.4.